The number of aromatic nitrogens is 4. The van der Waals surface area contributed by atoms with Gasteiger partial charge in [0.1, 0.15) is 11.5 Å². The van der Waals surface area contributed by atoms with Crippen LogP contribution in [0.3, 0.4) is 0 Å². The second-order valence-electron chi connectivity index (χ2n) is 6.78. The Balaban J connectivity index is 1.54. The largest absolute Gasteiger partial charge is 0.349 e. The lowest BCUT2D eigenvalue weighted by molar-refractivity contribution is 0.0947. The number of hydrogen-bond acceptors (Lipinski definition) is 3. The van der Waals surface area contributed by atoms with Gasteiger partial charge in [0.05, 0.1) is 23.0 Å². The molecule has 0 saturated heterocycles. The Morgan fingerprint density at radius 3 is 2.93 bits per heavy atom. The number of pyridine rings is 1. The van der Waals surface area contributed by atoms with E-state index in [1.807, 2.05) is 28.8 Å². The van der Waals surface area contributed by atoms with E-state index >= 15 is 0 Å². The molecule has 0 radical (unpaired) electrons. The number of fused-ring (bicyclic) bond motifs is 1. The second-order valence-corrected chi connectivity index (χ2v) is 7.19. The van der Waals surface area contributed by atoms with E-state index in [0.717, 1.165) is 24.3 Å². The number of benzene rings is 1. The fourth-order valence-corrected chi connectivity index (χ4v) is 3.37. The molecule has 8 heteroatoms. The van der Waals surface area contributed by atoms with Crippen molar-refractivity contribution in [2.45, 2.75) is 18.9 Å². The van der Waals surface area contributed by atoms with Crippen molar-refractivity contribution in [1.82, 2.24) is 24.5 Å². The van der Waals surface area contributed by atoms with Crippen LogP contribution in [-0.4, -0.2) is 31.1 Å². The summed E-state index contributed by atoms with van der Waals surface area (Å²) in [6, 6.07) is 8.51. The van der Waals surface area contributed by atoms with Crippen LogP contribution in [0.4, 0.5) is 4.39 Å². The van der Waals surface area contributed by atoms with Gasteiger partial charge in [-0.1, -0.05) is 17.7 Å². The zero-order valence-corrected chi connectivity index (χ0v) is 15.4. The number of nitrogens with one attached hydrogen (secondary N) is 1. The van der Waals surface area contributed by atoms with E-state index in [0.29, 0.717) is 11.1 Å². The van der Waals surface area contributed by atoms with Crippen molar-refractivity contribution < 1.29 is 9.18 Å². The number of amides is 1. The van der Waals surface area contributed by atoms with E-state index in [9.17, 15) is 9.18 Å². The van der Waals surface area contributed by atoms with Crippen LogP contribution in [0.25, 0.3) is 22.6 Å². The quantitative estimate of drug-likeness (QED) is 0.570. The van der Waals surface area contributed by atoms with Gasteiger partial charge in [-0.2, -0.15) is 5.10 Å². The fraction of sp³-hybridized carbons (Fsp3) is 0.150. The van der Waals surface area contributed by atoms with Crippen molar-refractivity contribution in [2.24, 2.45) is 0 Å². The molecule has 1 N–H and O–H groups in total. The van der Waals surface area contributed by atoms with Gasteiger partial charge in [-0.15, -0.1) is 0 Å². The average molecular weight is 396 g/mol. The van der Waals surface area contributed by atoms with Crippen molar-refractivity contribution in [3.05, 3.63) is 71.5 Å². The highest BCUT2D eigenvalue weighted by Crippen LogP contribution is 2.31. The Kier molecular flexibility index (Phi) is 3.91. The SMILES string of the molecule is O=C(NC1CC1)c1cc(-c2cnn(-c3cnc4ccccn34)c2)c(Cl)cc1F. The molecular weight excluding hydrogens is 381 g/mol. The molecule has 140 valence electrons. The average Bonchev–Trinajstić information content (AvgIpc) is 3.19. The molecule has 0 unspecified atom stereocenters. The summed E-state index contributed by atoms with van der Waals surface area (Å²) in [5.41, 5.74) is 2.00. The Morgan fingerprint density at radius 1 is 1.25 bits per heavy atom. The smallest absolute Gasteiger partial charge is 0.254 e. The monoisotopic (exact) mass is 395 g/mol. The predicted octanol–water partition coefficient (Wildman–Crippen LogP) is 3.87. The molecule has 28 heavy (non-hydrogen) atoms. The number of rotatable bonds is 4. The first-order valence-corrected chi connectivity index (χ1v) is 9.25. The molecule has 0 bridgehead atoms. The molecule has 3 heterocycles. The lowest BCUT2D eigenvalue weighted by atomic mass is 10.0. The summed E-state index contributed by atoms with van der Waals surface area (Å²) in [7, 11) is 0. The van der Waals surface area contributed by atoms with Crippen LogP contribution in [0.1, 0.15) is 23.2 Å². The Bertz CT molecular complexity index is 1210. The minimum absolute atomic E-state index is 0.0196. The number of imidazole rings is 1. The van der Waals surface area contributed by atoms with Crippen LogP contribution in [0.5, 0.6) is 0 Å². The Labute approximate surface area is 164 Å². The molecule has 1 fully saturated rings. The molecule has 0 spiro atoms. The van der Waals surface area contributed by atoms with Gasteiger partial charge in [-0.3, -0.25) is 9.20 Å². The van der Waals surface area contributed by atoms with E-state index in [-0.39, 0.29) is 16.6 Å². The molecule has 1 saturated carbocycles. The van der Waals surface area contributed by atoms with E-state index in [4.69, 9.17) is 11.6 Å². The van der Waals surface area contributed by atoms with Crippen LogP contribution in [-0.2, 0) is 0 Å². The van der Waals surface area contributed by atoms with Crippen LogP contribution in [0.2, 0.25) is 5.02 Å². The van der Waals surface area contributed by atoms with Crippen LogP contribution >= 0.6 is 11.6 Å². The Hall–Kier alpha value is -3.19. The van der Waals surface area contributed by atoms with E-state index in [1.165, 1.54) is 12.1 Å². The van der Waals surface area contributed by atoms with Crippen molar-refractivity contribution >= 4 is 23.2 Å². The van der Waals surface area contributed by atoms with Crippen molar-refractivity contribution in [3.8, 4) is 16.9 Å². The summed E-state index contributed by atoms with van der Waals surface area (Å²) in [6.45, 7) is 0. The normalized spacial score (nSPS) is 13.8. The lowest BCUT2D eigenvalue weighted by Gasteiger charge is -2.08. The minimum atomic E-state index is -0.638. The van der Waals surface area contributed by atoms with Crippen molar-refractivity contribution in [1.29, 1.82) is 0 Å². The topological polar surface area (TPSA) is 64.2 Å². The number of carbonyl (C=O) groups excluding carboxylic acids is 1. The van der Waals surface area contributed by atoms with Crippen LogP contribution in [0, 0.1) is 5.82 Å². The van der Waals surface area contributed by atoms with Gasteiger partial charge in [-0.25, -0.2) is 14.1 Å². The molecular formula is C20H15ClFN5O. The zero-order valence-electron chi connectivity index (χ0n) is 14.6. The molecule has 1 amide bonds. The summed E-state index contributed by atoms with van der Waals surface area (Å²) in [6.07, 6.45) is 8.87. The van der Waals surface area contributed by atoms with Gasteiger partial charge in [-0.05, 0) is 37.1 Å². The summed E-state index contributed by atoms with van der Waals surface area (Å²) in [5.74, 6) is -0.306. The molecule has 1 aromatic carbocycles. The van der Waals surface area contributed by atoms with Crippen molar-refractivity contribution in [2.75, 3.05) is 0 Å². The number of hydrogen-bond donors (Lipinski definition) is 1. The standard InChI is InChI=1S/C20H15ClFN5O/c21-16-8-17(22)15(20(28)25-13-4-5-13)7-14(16)12-9-24-27(11-12)19-10-23-18-3-1-2-6-26(18)19/h1-3,6-11,13H,4-5H2,(H,25,28). The van der Waals surface area contributed by atoms with Crippen molar-refractivity contribution in [3.63, 3.8) is 0 Å². The molecule has 1 aliphatic rings. The Morgan fingerprint density at radius 2 is 2.11 bits per heavy atom. The van der Waals surface area contributed by atoms with E-state index in [2.05, 4.69) is 15.4 Å². The van der Waals surface area contributed by atoms with Crippen LogP contribution in [0.15, 0.2) is 55.1 Å². The minimum Gasteiger partial charge on any atom is -0.349 e. The maximum atomic E-state index is 14.3. The molecule has 0 atom stereocenters. The highest BCUT2D eigenvalue weighted by atomic mass is 35.5. The third-order valence-corrected chi connectivity index (χ3v) is 5.05. The summed E-state index contributed by atoms with van der Waals surface area (Å²) >= 11 is 6.26. The molecule has 0 aliphatic heterocycles. The highest BCUT2D eigenvalue weighted by Gasteiger charge is 2.26. The number of halogens is 2. The maximum Gasteiger partial charge on any atom is 0.254 e. The van der Waals surface area contributed by atoms with Gasteiger partial charge in [0, 0.05) is 29.6 Å². The van der Waals surface area contributed by atoms with Gasteiger partial charge >= 0.3 is 0 Å². The first kappa shape index (κ1) is 16.9. The van der Waals surface area contributed by atoms with E-state index < -0.39 is 11.7 Å². The lowest BCUT2D eigenvalue weighted by Crippen LogP contribution is -2.26. The predicted molar refractivity (Wildman–Crippen MR) is 103 cm³/mol. The summed E-state index contributed by atoms with van der Waals surface area (Å²) in [5, 5.41) is 7.41. The zero-order chi connectivity index (χ0) is 19.3. The summed E-state index contributed by atoms with van der Waals surface area (Å²) in [4.78, 5) is 16.7. The fourth-order valence-electron chi connectivity index (χ4n) is 3.11. The summed E-state index contributed by atoms with van der Waals surface area (Å²) < 4.78 is 17.9. The van der Waals surface area contributed by atoms with Gasteiger partial charge < -0.3 is 5.32 Å². The maximum absolute atomic E-state index is 14.3. The van der Waals surface area contributed by atoms with E-state index in [1.54, 1.807) is 23.3 Å². The van der Waals surface area contributed by atoms with Gasteiger partial charge in [0.2, 0.25) is 0 Å². The molecule has 5 rings (SSSR count). The molecule has 1 aliphatic carbocycles. The second kappa shape index (κ2) is 6.45. The first-order chi connectivity index (χ1) is 13.6. The first-order valence-electron chi connectivity index (χ1n) is 8.87. The van der Waals surface area contributed by atoms with Crippen LogP contribution < -0.4 is 5.32 Å². The molecule has 6 nitrogen and oxygen atoms in total. The number of carbonyl (C=O) groups is 1. The van der Waals surface area contributed by atoms with Gasteiger partial charge in [0.25, 0.3) is 5.91 Å². The third kappa shape index (κ3) is 2.93. The molecule has 4 aromatic rings. The van der Waals surface area contributed by atoms with Gasteiger partial charge in [0.15, 0.2) is 5.82 Å². The molecule has 3 aromatic heterocycles. The highest BCUT2D eigenvalue weighted by molar-refractivity contribution is 6.33. The third-order valence-electron chi connectivity index (χ3n) is 4.74. The number of nitrogens with zero attached hydrogens (tertiary/aromatic N) is 4.